The molecule has 25 heavy (non-hydrogen) atoms. The molecule has 0 bridgehead atoms. The summed E-state index contributed by atoms with van der Waals surface area (Å²) in [4.78, 5) is 28.8. The van der Waals surface area contributed by atoms with Crippen LogP contribution in [0.2, 0.25) is 0 Å². The summed E-state index contributed by atoms with van der Waals surface area (Å²) < 4.78 is 5.64. The highest BCUT2D eigenvalue weighted by Crippen LogP contribution is 2.29. The number of likely N-dealkylation sites (tertiary alicyclic amines) is 1. The Morgan fingerprint density at radius 2 is 1.80 bits per heavy atom. The second kappa shape index (κ2) is 7.46. The van der Waals surface area contributed by atoms with Crippen LogP contribution in [0.4, 0.5) is 5.69 Å². The number of carbonyl (C=O) groups excluding carboxylic acids is 2. The molecule has 1 aromatic carbocycles. The largest absolute Gasteiger partial charge is 0.491 e. The normalized spacial score (nSPS) is 21.9. The van der Waals surface area contributed by atoms with Crippen molar-refractivity contribution >= 4 is 17.5 Å². The summed E-state index contributed by atoms with van der Waals surface area (Å²) in [6.45, 7) is 8.33. The molecule has 1 atom stereocenters. The van der Waals surface area contributed by atoms with Crippen LogP contribution in [0, 0.1) is 11.8 Å². The number of benzene rings is 1. The lowest BCUT2D eigenvalue weighted by molar-refractivity contribution is -0.137. The summed E-state index contributed by atoms with van der Waals surface area (Å²) in [5, 5.41) is 0. The molecule has 2 saturated heterocycles. The summed E-state index contributed by atoms with van der Waals surface area (Å²) in [5.74, 6) is 1.44. The van der Waals surface area contributed by atoms with Gasteiger partial charge in [-0.1, -0.05) is 6.92 Å². The van der Waals surface area contributed by atoms with Crippen molar-refractivity contribution in [1.29, 1.82) is 0 Å². The zero-order valence-electron chi connectivity index (χ0n) is 15.4. The van der Waals surface area contributed by atoms with Crippen molar-refractivity contribution < 1.29 is 14.3 Å². The Bertz CT molecular complexity index is 618. The van der Waals surface area contributed by atoms with Gasteiger partial charge in [0, 0.05) is 31.7 Å². The van der Waals surface area contributed by atoms with Crippen LogP contribution in [0.15, 0.2) is 24.3 Å². The van der Waals surface area contributed by atoms with Crippen molar-refractivity contribution in [2.24, 2.45) is 11.8 Å². The van der Waals surface area contributed by atoms with E-state index in [0.29, 0.717) is 18.9 Å². The molecule has 0 spiro atoms. The van der Waals surface area contributed by atoms with Gasteiger partial charge in [-0.15, -0.1) is 0 Å². The van der Waals surface area contributed by atoms with Gasteiger partial charge >= 0.3 is 0 Å². The Labute approximate surface area is 149 Å². The van der Waals surface area contributed by atoms with Crippen LogP contribution < -0.4 is 9.64 Å². The van der Waals surface area contributed by atoms with Crippen molar-refractivity contribution in [3.8, 4) is 5.75 Å². The lowest BCUT2D eigenvalue weighted by Gasteiger charge is -2.32. The molecular weight excluding hydrogens is 316 g/mol. The molecule has 1 aromatic rings. The molecule has 0 radical (unpaired) electrons. The van der Waals surface area contributed by atoms with Crippen LogP contribution in [0.3, 0.4) is 0 Å². The number of anilines is 1. The van der Waals surface area contributed by atoms with Crippen LogP contribution in [0.25, 0.3) is 0 Å². The summed E-state index contributed by atoms with van der Waals surface area (Å²) >= 11 is 0. The van der Waals surface area contributed by atoms with Gasteiger partial charge in [-0.05, 0) is 56.9 Å². The molecule has 0 saturated carbocycles. The lowest BCUT2D eigenvalue weighted by atomic mass is 9.97. The van der Waals surface area contributed by atoms with Crippen molar-refractivity contribution in [1.82, 2.24) is 4.90 Å². The minimum absolute atomic E-state index is 0.0289. The smallest absolute Gasteiger partial charge is 0.228 e. The summed E-state index contributed by atoms with van der Waals surface area (Å²) in [6, 6.07) is 7.55. The van der Waals surface area contributed by atoms with Crippen molar-refractivity contribution in [3.63, 3.8) is 0 Å². The van der Waals surface area contributed by atoms with Gasteiger partial charge < -0.3 is 14.5 Å². The first-order chi connectivity index (χ1) is 11.9. The van der Waals surface area contributed by atoms with E-state index < -0.39 is 0 Å². The van der Waals surface area contributed by atoms with Gasteiger partial charge in [0.25, 0.3) is 0 Å². The third-order valence-corrected chi connectivity index (χ3v) is 5.09. The number of ether oxygens (including phenoxy) is 1. The first-order valence-electron chi connectivity index (χ1n) is 9.30. The van der Waals surface area contributed by atoms with Gasteiger partial charge in [-0.3, -0.25) is 9.59 Å². The molecule has 2 heterocycles. The molecule has 2 aliphatic rings. The van der Waals surface area contributed by atoms with E-state index >= 15 is 0 Å². The fourth-order valence-corrected chi connectivity index (χ4v) is 3.59. The van der Waals surface area contributed by atoms with Gasteiger partial charge in [0.1, 0.15) is 5.75 Å². The molecule has 5 nitrogen and oxygen atoms in total. The highest BCUT2D eigenvalue weighted by molar-refractivity contribution is 6.00. The fraction of sp³-hybridized carbons (Fsp3) is 0.600. The molecule has 0 N–H and O–H groups in total. The number of piperidine rings is 1. The van der Waals surface area contributed by atoms with Gasteiger partial charge in [0.15, 0.2) is 0 Å². The van der Waals surface area contributed by atoms with Crippen LogP contribution in [0.1, 0.15) is 40.0 Å². The molecule has 136 valence electrons. The standard InChI is InChI=1S/C20H28N2O3/c1-14(2)25-18-6-4-17(5-7-18)22-13-16(12-19(22)23)20(24)21-10-8-15(3)9-11-21/h4-7,14-16H,8-13H2,1-3H3/t16-/m0/s1. The lowest BCUT2D eigenvalue weighted by Crippen LogP contribution is -2.42. The third kappa shape index (κ3) is 4.14. The SMILES string of the molecule is CC1CCN(C(=O)[C@H]2CC(=O)N(c3ccc(OC(C)C)cc3)C2)CC1. The predicted molar refractivity (Wildman–Crippen MR) is 97.6 cm³/mol. The topological polar surface area (TPSA) is 49.9 Å². The maximum Gasteiger partial charge on any atom is 0.228 e. The van der Waals surface area contributed by atoms with Crippen molar-refractivity contribution in [2.75, 3.05) is 24.5 Å². The zero-order valence-corrected chi connectivity index (χ0v) is 15.4. The Kier molecular flexibility index (Phi) is 5.30. The Hall–Kier alpha value is -2.04. The predicted octanol–water partition coefficient (Wildman–Crippen LogP) is 3.09. The van der Waals surface area contributed by atoms with E-state index in [-0.39, 0.29) is 23.8 Å². The average molecular weight is 344 g/mol. The first-order valence-corrected chi connectivity index (χ1v) is 9.30. The minimum atomic E-state index is -0.215. The Morgan fingerprint density at radius 1 is 1.16 bits per heavy atom. The number of rotatable bonds is 4. The number of hydrogen-bond donors (Lipinski definition) is 0. The van der Waals surface area contributed by atoms with E-state index in [2.05, 4.69) is 6.92 Å². The quantitative estimate of drug-likeness (QED) is 0.843. The molecule has 0 unspecified atom stereocenters. The van der Waals surface area contributed by atoms with E-state index in [9.17, 15) is 9.59 Å². The van der Waals surface area contributed by atoms with Crippen molar-refractivity contribution in [2.45, 2.75) is 46.1 Å². The van der Waals surface area contributed by atoms with E-state index in [1.165, 1.54) is 0 Å². The maximum absolute atomic E-state index is 12.7. The van der Waals surface area contributed by atoms with Crippen LogP contribution in [-0.4, -0.2) is 42.5 Å². The second-order valence-corrected chi connectivity index (χ2v) is 7.57. The van der Waals surface area contributed by atoms with Gasteiger partial charge in [-0.2, -0.15) is 0 Å². The second-order valence-electron chi connectivity index (χ2n) is 7.57. The number of hydrogen-bond acceptors (Lipinski definition) is 3. The molecule has 5 heteroatoms. The Balaban J connectivity index is 1.63. The summed E-state index contributed by atoms with van der Waals surface area (Å²) in [7, 11) is 0. The molecule has 2 fully saturated rings. The molecule has 2 amide bonds. The third-order valence-electron chi connectivity index (χ3n) is 5.09. The number of carbonyl (C=O) groups is 2. The monoisotopic (exact) mass is 344 g/mol. The van der Waals surface area contributed by atoms with E-state index in [1.807, 2.05) is 43.0 Å². The van der Waals surface area contributed by atoms with E-state index in [1.54, 1.807) is 4.90 Å². The fourth-order valence-electron chi connectivity index (χ4n) is 3.59. The Morgan fingerprint density at radius 3 is 2.40 bits per heavy atom. The van der Waals surface area contributed by atoms with Gasteiger partial charge in [0.05, 0.1) is 12.0 Å². The summed E-state index contributed by atoms with van der Waals surface area (Å²) in [6.07, 6.45) is 2.56. The molecular formula is C20H28N2O3. The van der Waals surface area contributed by atoms with Crippen LogP contribution in [-0.2, 0) is 9.59 Å². The van der Waals surface area contributed by atoms with Crippen LogP contribution >= 0.6 is 0 Å². The highest BCUT2D eigenvalue weighted by atomic mass is 16.5. The number of amides is 2. The van der Waals surface area contributed by atoms with E-state index in [0.717, 1.165) is 37.4 Å². The summed E-state index contributed by atoms with van der Waals surface area (Å²) in [5.41, 5.74) is 0.837. The van der Waals surface area contributed by atoms with Gasteiger partial charge in [0.2, 0.25) is 11.8 Å². The average Bonchev–Trinajstić information content (AvgIpc) is 2.97. The number of nitrogens with zero attached hydrogens (tertiary/aromatic N) is 2. The molecule has 3 rings (SSSR count). The van der Waals surface area contributed by atoms with E-state index in [4.69, 9.17) is 4.74 Å². The first kappa shape index (κ1) is 17.8. The molecule has 0 aromatic heterocycles. The molecule has 2 aliphatic heterocycles. The molecule has 0 aliphatic carbocycles. The van der Waals surface area contributed by atoms with Crippen molar-refractivity contribution in [3.05, 3.63) is 24.3 Å². The zero-order chi connectivity index (χ0) is 18.0. The minimum Gasteiger partial charge on any atom is -0.491 e. The highest BCUT2D eigenvalue weighted by Gasteiger charge is 2.37. The maximum atomic E-state index is 12.7. The van der Waals surface area contributed by atoms with Gasteiger partial charge in [-0.25, -0.2) is 0 Å². The van der Waals surface area contributed by atoms with Crippen LogP contribution in [0.5, 0.6) is 5.75 Å².